The van der Waals surface area contributed by atoms with Crippen molar-refractivity contribution in [3.8, 4) is 0 Å². The monoisotopic (exact) mass is 371 g/mol. The van der Waals surface area contributed by atoms with Crippen molar-refractivity contribution < 1.29 is 4.79 Å². The molecule has 1 fully saturated rings. The van der Waals surface area contributed by atoms with Crippen molar-refractivity contribution in [3.63, 3.8) is 0 Å². The van der Waals surface area contributed by atoms with Crippen LogP contribution in [0.25, 0.3) is 10.2 Å². The van der Waals surface area contributed by atoms with Gasteiger partial charge in [-0.2, -0.15) is 0 Å². The minimum atomic E-state index is -0.128. The first-order chi connectivity index (χ1) is 12.2. The molecule has 0 saturated carbocycles. The van der Waals surface area contributed by atoms with Crippen LogP contribution in [0.3, 0.4) is 0 Å². The van der Waals surface area contributed by atoms with E-state index in [2.05, 4.69) is 10.2 Å². The number of anilines is 2. The van der Waals surface area contributed by atoms with Gasteiger partial charge in [-0.25, -0.2) is 4.98 Å². The lowest BCUT2D eigenvalue weighted by atomic mass is 10.1. The van der Waals surface area contributed by atoms with Gasteiger partial charge in [0.2, 0.25) is 0 Å². The highest BCUT2D eigenvalue weighted by atomic mass is 35.5. The van der Waals surface area contributed by atoms with Gasteiger partial charge in [-0.05, 0) is 61.7 Å². The maximum Gasteiger partial charge on any atom is 0.255 e. The molecular formula is C19H18ClN3OS. The number of rotatable bonds is 3. The second-order valence-electron chi connectivity index (χ2n) is 6.19. The summed E-state index contributed by atoms with van der Waals surface area (Å²) in [6.07, 6.45) is 3.76. The number of halogens is 1. The van der Waals surface area contributed by atoms with Gasteiger partial charge < -0.3 is 10.2 Å². The molecule has 0 bridgehead atoms. The van der Waals surface area contributed by atoms with Crippen LogP contribution in [0.2, 0.25) is 5.02 Å². The largest absolute Gasteiger partial charge is 0.348 e. The predicted molar refractivity (Wildman–Crippen MR) is 105 cm³/mol. The number of aromatic nitrogens is 1. The first-order valence-corrected chi connectivity index (χ1v) is 9.61. The molecule has 1 aliphatic heterocycles. The van der Waals surface area contributed by atoms with E-state index in [0.717, 1.165) is 34.1 Å². The fraction of sp³-hybridized carbons (Fsp3) is 0.263. The third-order valence-corrected chi connectivity index (χ3v) is 5.70. The summed E-state index contributed by atoms with van der Waals surface area (Å²) in [4.78, 5) is 19.6. The third kappa shape index (κ3) is 3.62. The second-order valence-corrected chi connectivity index (χ2v) is 7.63. The molecule has 0 aliphatic carbocycles. The van der Waals surface area contributed by atoms with Crippen LogP contribution in [0.15, 0.2) is 42.5 Å². The summed E-state index contributed by atoms with van der Waals surface area (Å²) in [5.74, 6) is -0.128. The van der Waals surface area contributed by atoms with Crippen LogP contribution < -0.4 is 10.2 Å². The Kier molecular flexibility index (Phi) is 4.59. The van der Waals surface area contributed by atoms with Crippen molar-refractivity contribution in [3.05, 3.63) is 53.1 Å². The highest BCUT2D eigenvalue weighted by Crippen LogP contribution is 2.31. The van der Waals surface area contributed by atoms with E-state index in [1.54, 1.807) is 35.6 Å². The van der Waals surface area contributed by atoms with Gasteiger partial charge in [0, 0.05) is 29.4 Å². The average molecular weight is 372 g/mol. The van der Waals surface area contributed by atoms with Crippen LogP contribution in [-0.4, -0.2) is 24.0 Å². The number of nitrogens with zero attached hydrogens (tertiary/aromatic N) is 2. The van der Waals surface area contributed by atoms with Gasteiger partial charge in [-0.3, -0.25) is 4.79 Å². The first-order valence-electron chi connectivity index (χ1n) is 8.41. The van der Waals surface area contributed by atoms with Gasteiger partial charge >= 0.3 is 0 Å². The molecule has 1 amide bonds. The Bertz CT molecular complexity index is 901. The van der Waals surface area contributed by atoms with E-state index in [1.807, 2.05) is 18.2 Å². The van der Waals surface area contributed by atoms with Crippen molar-refractivity contribution in [2.75, 3.05) is 23.3 Å². The van der Waals surface area contributed by atoms with Gasteiger partial charge in [0.15, 0.2) is 5.13 Å². The molecule has 1 aliphatic rings. The summed E-state index contributed by atoms with van der Waals surface area (Å²) in [7, 11) is 0. The predicted octanol–water partition coefficient (Wildman–Crippen LogP) is 5.19. The summed E-state index contributed by atoms with van der Waals surface area (Å²) in [5.41, 5.74) is 2.32. The Morgan fingerprint density at radius 1 is 1.08 bits per heavy atom. The molecule has 0 atom stereocenters. The molecule has 0 spiro atoms. The van der Waals surface area contributed by atoms with Gasteiger partial charge in [-0.1, -0.05) is 22.9 Å². The zero-order chi connectivity index (χ0) is 17.2. The maximum absolute atomic E-state index is 12.5. The van der Waals surface area contributed by atoms with Crippen LogP contribution >= 0.6 is 22.9 Å². The number of hydrogen-bond donors (Lipinski definition) is 1. The zero-order valence-corrected chi connectivity index (χ0v) is 15.2. The van der Waals surface area contributed by atoms with E-state index in [1.165, 1.54) is 19.3 Å². The molecule has 3 aromatic rings. The number of thiazole rings is 1. The number of fused-ring (bicyclic) bond motifs is 1. The molecule has 2 heterocycles. The number of nitrogens with one attached hydrogen (secondary N) is 1. The van der Waals surface area contributed by atoms with Crippen LogP contribution in [0.1, 0.15) is 29.6 Å². The first kappa shape index (κ1) is 16.4. The zero-order valence-electron chi connectivity index (χ0n) is 13.7. The molecule has 1 saturated heterocycles. The number of benzene rings is 2. The molecule has 128 valence electrons. The van der Waals surface area contributed by atoms with Crippen LogP contribution in [-0.2, 0) is 0 Å². The van der Waals surface area contributed by atoms with E-state index >= 15 is 0 Å². The lowest BCUT2D eigenvalue weighted by Crippen LogP contribution is -2.29. The van der Waals surface area contributed by atoms with Crippen molar-refractivity contribution in [2.24, 2.45) is 0 Å². The highest BCUT2D eigenvalue weighted by molar-refractivity contribution is 7.22. The summed E-state index contributed by atoms with van der Waals surface area (Å²) >= 11 is 7.54. The second kappa shape index (κ2) is 7.02. The SMILES string of the molecule is O=C(Nc1ccc(Cl)cc1)c1ccc2nc(N3CCCCC3)sc2c1. The fourth-order valence-corrected chi connectivity index (χ4v) is 4.19. The summed E-state index contributed by atoms with van der Waals surface area (Å²) in [6, 6.07) is 12.8. The lowest BCUT2D eigenvalue weighted by molar-refractivity contribution is 0.102. The van der Waals surface area contributed by atoms with Gasteiger partial charge in [0.1, 0.15) is 0 Å². The molecular weight excluding hydrogens is 354 g/mol. The smallest absolute Gasteiger partial charge is 0.255 e. The van der Waals surface area contributed by atoms with E-state index in [9.17, 15) is 4.79 Å². The summed E-state index contributed by atoms with van der Waals surface area (Å²) in [6.45, 7) is 2.15. The third-order valence-electron chi connectivity index (χ3n) is 4.37. The van der Waals surface area contributed by atoms with E-state index < -0.39 is 0 Å². The standard InChI is InChI=1S/C19H18ClN3OS/c20-14-5-7-15(8-6-14)21-18(24)13-4-9-16-17(12-13)25-19(22-16)23-10-2-1-3-11-23/h4-9,12H,1-3,10-11H2,(H,21,24). The Hall–Kier alpha value is -2.11. The molecule has 0 radical (unpaired) electrons. The van der Waals surface area contributed by atoms with Gasteiger partial charge in [0.05, 0.1) is 10.2 Å². The Balaban J connectivity index is 1.55. The van der Waals surface area contributed by atoms with Crippen LogP contribution in [0, 0.1) is 0 Å². The average Bonchev–Trinajstić information content (AvgIpc) is 3.07. The van der Waals surface area contributed by atoms with E-state index in [-0.39, 0.29) is 5.91 Å². The van der Waals surface area contributed by atoms with E-state index in [0.29, 0.717) is 10.6 Å². The number of carbonyl (C=O) groups is 1. The number of hydrogen-bond acceptors (Lipinski definition) is 4. The normalized spacial score (nSPS) is 14.7. The molecule has 1 N–H and O–H groups in total. The molecule has 2 aromatic carbocycles. The summed E-state index contributed by atoms with van der Waals surface area (Å²) < 4.78 is 1.05. The molecule has 4 rings (SSSR count). The van der Waals surface area contributed by atoms with Crippen molar-refractivity contribution in [1.82, 2.24) is 4.98 Å². The van der Waals surface area contributed by atoms with E-state index in [4.69, 9.17) is 16.6 Å². The molecule has 25 heavy (non-hydrogen) atoms. The number of carbonyl (C=O) groups excluding carboxylic acids is 1. The Morgan fingerprint density at radius 2 is 1.84 bits per heavy atom. The molecule has 4 nitrogen and oxygen atoms in total. The Labute approximate surface area is 155 Å². The molecule has 0 unspecified atom stereocenters. The van der Waals surface area contributed by atoms with Crippen molar-refractivity contribution in [2.45, 2.75) is 19.3 Å². The minimum absolute atomic E-state index is 0.128. The maximum atomic E-state index is 12.5. The van der Waals surface area contributed by atoms with Gasteiger partial charge in [-0.15, -0.1) is 0 Å². The minimum Gasteiger partial charge on any atom is -0.348 e. The van der Waals surface area contributed by atoms with Gasteiger partial charge in [0.25, 0.3) is 5.91 Å². The van der Waals surface area contributed by atoms with Crippen molar-refractivity contribution in [1.29, 1.82) is 0 Å². The van der Waals surface area contributed by atoms with Crippen LogP contribution in [0.5, 0.6) is 0 Å². The summed E-state index contributed by atoms with van der Waals surface area (Å²) in [5, 5.41) is 4.60. The van der Waals surface area contributed by atoms with Crippen LogP contribution in [0.4, 0.5) is 10.8 Å². The quantitative estimate of drug-likeness (QED) is 0.688. The lowest BCUT2D eigenvalue weighted by Gasteiger charge is -2.25. The Morgan fingerprint density at radius 3 is 2.60 bits per heavy atom. The highest BCUT2D eigenvalue weighted by Gasteiger charge is 2.16. The number of piperidine rings is 1. The molecule has 1 aromatic heterocycles. The fourth-order valence-electron chi connectivity index (χ4n) is 3.01. The topological polar surface area (TPSA) is 45.2 Å². The number of amides is 1. The van der Waals surface area contributed by atoms with Crippen molar-refractivity contribution >= 4 is 49.9 Å². The molecule has 6 heteroatoms.